The first-order chi connectivity index (χ1) is 16.8. The Morgan fingerprint density at radius 3 is 1.86 bits per heavy atom. The minimum Gasteiger partial charge on any atom is -0.271 e. The number of rotatable bonds is 7. The van der Waals surface area contributed by atoms with Crippen LogP contribution in [0.3, 0.4) is 0 Å². The highest BCUT2D eigenvalue weighted by atomic mass is 32.2. The average molecular weight is 513 g/mol. The number of carbonyl (C=O) groups is 1. The molecule has 182 valence electrons. The monoisotopic (exact) mass is 512 g/mol. The normalized spacial score (nSPS) is 17.9. The van der Waals surface area contributed by atoms with Gasteiger partial charge < -0.3 is 0 Å². The summed E-state index contributed by atoms with van der Waals surface area (Å²) in [5.41, 5.74) is 3.10. The Morgan fingerprint density at radius 2 is 1.29 bits per heavy atom. The Balaban J connectivity index is 1.63. The van der Waals surface area contributed by atoms with Crippen LogP contribution in [0.4, 0.5) is 0 Å². The van der Waals surface area contributed by atoms with E-state index in [1.165, 1.54) is 30.5 Å². The van der Waals surface area contributed by atoms with Crippen molar-refractivity contribution in [2.45, 2.75) is 15.8 Å². The van der Waals surface area contributed by atoms with Crippen LogP contribution in [0.1, 0.15) is 5.56 Å². The van der Waals surface area contributed by atoms with Gasteiger partial charge in [0, 0.05) is 19.6 Å². The molecule has 3 aromatic rings. The van der Waals surface area contributed by atoms with E-state index in [4.69, 9.17) is 0 Å². The van der Waals surface area contributed by atoms with Gasteiger partial charge in [-0.25, -0.2) is 22.3 Å². The third-order valence-electron chi connectivity index (χ3n) is 5.52. The number of sulfonamides is 2. The number of hydrogen-bond donors (Lipinski definition) is 1. The van der Waals surface area contributed by atoms with Crippen molar-refractivity contribution < 1.29 is 21.6 Å². The van der Waals surface area contributed by atoms with Crippen molar-refractivity contribution in [2.75, 3.05) is 19.6 Å². The second-order valence-electron chi connectivity index (χ2n) is 7.77. The Labute approximate surface area is 204 Å². The van der Waals surface area contributed by atoms with Crippen molar-refractivity contribution in [3.63, 3.8) is 0 Å². The van der Waals surface area contributed by atoms with E-state index in [0.29, 0.717) is 0 Å². The molecule has 35 heavy (non-hydrogen) atoms. The fourth-order valence-electron chi connectivity index (χ4n) is 3.71. The van der Waals surface area contributed by atoms with Gasteiger partial charge in [0.2, 0.25) is 20.0 Å². The number of benzene rings is 3. The molecule has 1 atom stereocenters. The Morgan fingerprint density at radius 1 is 0.771 bits per heavy atom. The van der Waals surface area contributed by atoms with Gasteiger partial charge in [-0.15, -0.1) is 0 Å². The predicted molar refractivity (Wildman–Crippen MR) is 132 cm³/mol. The molecule has 1 aliphatic rings. The lowest BCUT2D eigenvalue weighted by atomic mass is 10.2. The average Bonchev–Trinajstić information content (AvgIpc) is 2.90. The van der Waals surface area contributed by atoms with Crippen molar-refractivity contribution in [3.05, 3.63) is 96.6 Å². The molecule has 1 heterocycles. The van der Waals surface area contributed by atoms with Crippen LogP contribution in [0, 0.1) is 0 Å². The lowest BCUT2D eigenvalue weighted by molar-refractivity contribution is -0.125. The number of nitrogens with zero attached hydrogens (tertiary/aromatic N) is 3. The molecule has 0 radical (unpaired) electrons. The zero-order chi connectivity index (χ0) is 24.9. The Hall–Kier alpha value is -3.38. The van der Waals surface area contributed by atoms with Crippen LogP contribution in [0.25, 0.3) is 0 Å². The third-order valence-corrected chi connectivity index (χ3v) is 9.32. The molecule has 1 N–H and O–H groups in total. The third kappa shape index (κ3) is 5.49. The molecule has 0 spiro atoms. The number of amides is 1. The lowest BCUT2D eigenvalue weighted by Gasteiger charge is -2.38. The van der Waals surface area contributed by atoms with E-state index >= 15 is 0 Å². The fraction of sp³-hybridized carbons (Fsp3) is 0.167. The van der Waals surface area contributed by atoms with Crippen LogP contribution in [-0.2, 0) is 24.8 Å². The highest BCUT2D eigenvalue weighted by molar-refractivity contribution is 7.89. The number of hydrazone groups is 1. The summed E-state index contributed by atoms with van der Waals surface area (Å²) in [4.78, 5) is 13.2. The number of piperazine rings is 1. The molecular formula is C24H24N4O5S2. The minimum absolute atomic E-state index is 0.0185. The summed E-state index contributed by atoms with van der Waals surface area (Å²) in [5.74, 6) is -0.732. The summed E-state index contributed by atoms with van der Waals surface area (Å²) < 4.78 is 55.2. The van der Waals surface area contributed by atoms with Gasteiger partial charge in [-0.3, -0.25) is 4.79 Å². The smallest absolute Gasteiger partial charge is 0.259 e. The Kier molecular flexibility index (Phi) is 7.41. The quantitative estimate of drug-likeness (QED) is 0.383. The fourth-order valence-corrected chi connectivity index (χ4v) is 6.76. The summed E-state index contributed by atoms with van der Waals surface area (Å²) in [6.07, 6.45) is 1.43. The van der Waals surface area contributed by atoms with E-state index in [0.717, 1.165) is 14.2 Å². The largest absolute Gasteiger partial charge is 0.271 e. The molecule has 1 amide bonds. The van der Waals surface area contributed by atoms with E-state index in [9.17, 15) is 21.6 Å². The molecule has 1 aliphatic heterocycles. The van der Waals surface area contributed by atoms with E-state index in [1.54, 1.807) is 48.5 Å². The first-order valence-electron chi connectivity index (χ1n) is 10.8. The highest BCUT2D eigenvalue weighted by Gasteiger charge is 2.43. The molecule has 11 heteroatoms. The zero-order valence-corrected chi connectivity index (χ0v) is 20.3. The maximum absolute atomic E-state index is 13.4. The first-order valence-corrected chi connectivity index (χ1v) is 13.7. The molecule has 3 aromatic carbocycles. The molecule has 1 fully saturated rings. The van der Waals surface area contributed by atoms with Gasteiger partial charge in [0.15, 0.2) is 0 Å². The van der Waals surface area contributed by atoms with E-state index < -0.39 is 32.0 Å². The van der Waals surface area contributed by atoms with E-state index in [1.807, 2.05) is 18.2 Å². The van der Waals surface area contributed by atoms with Crippen LogP contribution < -0.4 is 5.43 Å². The number of hydrogen-bond acceptors (Lipinski definition) is 6. The maximum atomic E-state index is 13.4. The summed E-state index contributed by atoms with van der Waals surface area (Å²) in [6, 6.07) is 23.3. The molecule has 4 rings (SSSR count). The molecule has 0 aliphatic carbocycles. The summed E-state index contributed by atoms with van der Waals surface area (Å²) >= 11 is 0. The van der Waals surface area contributed by atoms with Crippen LogP contribution >= 0.6 is 0 Å². The highest BCUT2D eigenvalue weighted by Crippen LogP contribution is 2.25. The summed E-state index contributed by atoms with van der Waals surface area (Å²) in [5, 5.41) is 3.94. The van der Waals surface area contributed by atoms with Gasteiger partial charge in [0.1, 0.15) is 6.04 Å². The van der Waals surface area contributed by atoms with Gasteiger partial charge in [-0.05, 0) is 29.8 Å². The molecule has 9 nitrogen and oxygen atoms in total. The summed E-state index contributed by atoms with van der Waals surface area (Å²) in [6.45, 7) is -0.639. The van der Waals surface area contributed by atoms with Crippen molar-refractivity contribution in [3.8, 4) is 0 Å². The summed E-state index contributed by atoms with van der Waals surface area (Å²) in [7, 11) is -8.00. The van der Waals surface area contributed by atoms with E-state index in [-0.39, 0.29) is 29.4 Å². The van der Waals surface area contributed by atoms with Gasteiger partial charge in [0.05, 0.1) is 16.0 Å². The second-order valence-corrected chi connectivity index (χ2v) is 11.6. The zero-order valence-electron chi connectivity index (χ0n) is 18.6. The lowest BCUT2D eigenvalue weighted by Crippen LogP contribution is -2.60. The number of carbonyl (C=O) groups excluding carboxylic acids is 1. The molecule has 1 saturated heterocycles. The molecule has 0 bridgehead atoms. The van der Waals surface area contributed by atoms with Gasteiger partial charge in [0.25, 0.3) is 5.91 Å². The van der Waals surface area contributed by atoms with E-state index in [2.05, 4.69) is 10.5 Å². The van der Waals surface area contributed by atoms with Crippen LogP contribution in [0.2, 0.25) is 0 Å². The van der Waals surface area contributed by atoms with Gasteiger partial charge >= 0.3 is 0 Å². The van der Waals surface area contributed by atoms with Crippen molar-refractivity contribution in [1.29, 1.82) is 0 Å². The number of nitrogens with one attached hydrogen (secondary N) is 1. The molecule has 0 aromatic heterocycles. The predicted octanol–water partition coefficient (Wildman–Crippen LogP) is 1.90. The standard InChI is InChI=1S/C24H24N4O5S2/c29-24(26-25-18-20-10-4-1-5-11-20)23-19-27(34(30,31)21-12-6-2-7-13-21)16-17-28(23)35(32,33)22-14-8-3-9-15-22/h1-15,18,23H,16-17,19H2,(H,26,29)/b25-18-/t23-/m1/s1. The first kappa shape index (κ1) is 24.7. The Bertz CT molecular complexity index is 1400. The van der Waals surface area contributed by atoms with Gasteiger partial charge in [-0.2, -0.15) is 13.7 Å². The van der Waals surface area contributed by atoms with Crippen LogP contribution in [0.15, 0.2) is 106 Å². The van der Waals surface area contributed by atoms with Gasteiger partial charge in [-0.1, -0.05) is 66.7 Å². The van der Waals surface area contributed by atoms with Crippen LogP contribution in [-0.4, -0.2) is 63.2 Å². The second kappa shape index (κ2) is 10.5. The molecule has 0 unspecified atom stereocenters. The maximum Gasteiger partial charge on any atom is 0.259 e. The van der Waals surface area contributed by atoms with Crippen molar-refractivity contribution in [1.82, 2.24) is 14.0 Å². The van der Waals surface area contributed by atoms with Crippen LogP contribution in [0.5, 0.6) is 0 Å². The van der Waals surface area contributed by atoms with Crippen molar-refractivity contribution in [2.24, 2.45) is 5.10 Å². The minimum atomic E-state index is -4.07. The molecular weight excluding hydrogens is 488 g/mol. The van der Waals surface area contributed by atoms with Crippen molar-refractivity contribution >= 4 is 32.2 Å². The SMILES string of the molecule is O=C(N/N=C\c1ccccc1)[C@H]1CN(S(=O)(=O)c2ccccc2)CCN1S(=O)(=O)c1ccccc1. The topological polar surface area (TPSA) is 116 Å². The molecule has 0 saturated carbocycles.